The third-order valence-corrected chi connectivity index (χ3v) is 2.40. The second-order valence-corrected chi connectivity index (χ2v) is 4.44. The maximum atomic E-state index is 11.5. The Morgan fingerprint density at radius 3 is 2.80 bits per heavy atom. The van der Waals surface area contributed by atoms with Crippen LogP contribution in [0.1, 0.15) is 20.3 Å². The van der Waals surface area contributed by atoms with E-state index in [2.05, 4.69) is 5.32 Å². The van der Waals surface area contributed by atoms with Gasteiger partial charge in [-0.3, -0.25) is 0 Å². The van der Waals surface area contributed by atoms with Crippen LogP contribution >= 0.6 is 0 Å². The molecule has 1 unspecified atom stereocenters. The van der Waals surface area contributed by atoms with E-state index in [0.717, 1.165) is 6.54 Å². The van der Waals surface area contributed by atoms with E-state index in [-0.39, 0.29) is 12.2 Å². The first-order chi connectivity index (χ1) is 6.93. The summed E-state index contributed by atoms with van der Waals surface area (Å²) in [6.45, 7) is 5.25. The number of β-amino-alcohol motifs (C(OH)–C–C–N with tert-alkyl or cyclic N) is 1. The summed E-state index contributed by atoms with van der Waals surface area (Å²) in [5.41, 5.74) is -0.801. The molecule has 2 N–H and O–H groups in total. The van der Waals surface area contributed by atoms with Gasteiger partial charge < -0.3 is 20.1 Å². The average Bonchev–Trinajstić information content (AvgIpc) is 2.50. The fourth-order valence-electron chi connectivity index (χ4n) is 1.66. The third-order valence-electron chi connectivity index (χ3n) is 2.40. The molecule has 0 saturated carbocycles. The highest BCUT2D eigenvalue weighted by Crippen LogP contribution is 2.15. The van der Waals surface area contributed by atoms with Crippen molar-refractivity contribution >= 4 is 6.09 Å². The molecule has 5 heteroatoms. The Morgan fingerprint density at radius 2 is 2.33 bits per heavy atom. The Kier molecular flexibility index (Phi) is 3.93. The smallest absolute Gasteiger partial charge is 0.409 e. The summed E-state index contributed by atoms with van der Waals surface area (Å²) >= 11 is 0. The molecule has 0 spiro atoms. The summed E-state index contributed by atoms with van der Waals surface area (Å²) in [6, 6.07) is 0. The van der Waals surface area contributed by atoms with E-state index in [1.165, 1.54) is 4.90 Å². The minimum absolute atomic E-state index is 0.128. The first-order valence-corrected chi connectivity index (χ1v) is 5.28. The van der Waals surface area contributed by atoms with Crippen LogP contribution in [0.25, 0.3) is 0 Å². The molecule has 88 valence electrons. The zero-order valence-corrected chi connectivity index (χ0v) is 9.62. The molecule has 1 atom stereocenters. The Morgan fingerprint density at radius 1 is 1.67 bits per heavy atom. The molecular formula is C10H20N2O3. The van der Waals surface area contributed by atoms with Crippen molar-refractivity contribution in [3.8, 4) is 0 Å². The van der Waals surface area contributed by atoms with Crippen LogP contribution in [0.3, 0.4) is 0 Å². The molecule has 0 aromatic heterocycles. The number of carbonyl (C=O) groups is 1. The minimum Gasteiger partial charge on any atom is -0.447 e. The van der Waals surface area contributed by atoms with Gasteiger partial charge in [-0.15, -0.1) is 0 Å². The van der Waals surface area contributed by atoms with E-state index in [4.69, 9.17) is 4.74 Å². The molecule has 1 amide bonds. The van der Waals surface area contributed by atoms with Crippen molar-refractivity contribution in [3.05, 3.63) is 0 Å². The van der Waals surface area contributed by atoms with Crippen molar-refractivity contribution in [2.45, 2.75) is 32.0 Å². The van der Waals surface area contributed by atoms with Gasteiger partial charge in [0, 0.05) is 13.6 Å². The standard InChI is InChI=1S/C10H20N2O3/c1-8(2)15-9(13)12(3)7-10(14)4-5-11-6-10/h8,11,14H,4-7H2,1-3H3. The maximum absolute atomic E-state index is 11.5. The van der Waals surface area contributed by atoms with Crippen molar-refractivity contribution in [2.75, 3.05) is 26.7 Å². The molecule has 1 aliphatic rings. The molecule has 1 aliphatic heterocycles. The number of hydrogen-bond donors (Lipinski definition) is 2. The maximum Gasteiger partial charge on any atom is 0.409 e. The largest absolute Gasteiger partial charge is 0.447 e. The van der Waals surface area contributed by atoms with E-state index in [1.807, 2.05) is 0 Å². The molecule has 0 aromatic carbocycles. The van der Waals surface area contributed by atoms with Crippen LogP contribution in [0.5, 0.6) is 0 Å². The number of likely N-dealkylation sites (N-methyl/N-ethyl adjacent to an activating group) is 1. The predicted octanol–water partition coefficient (Wildman–Crippen LogP) is 0.188. The lowest BCUT2D eigenvalue weighted by molar-refractivity contribution is 0.0170. The summed E-state index contributed by atoms with van der Waals surface area (Å²) in [5, 5.41) is 13.1. The van der Waals surface area contributed by atoms with Gasteiger partial charge in [-0.05, 0) is 26.8 Å². The quantitative estimate of drug-likeness (QED) is 0.707. The number of nitrogens with one attached hydrogen (secondary N) is 1. The summed E-state index contributed by atoms with van der Waals surface area (Å²) in [5.74, 6) is 0. The van der Waals surface area contributed by atoms with Crippen LogP contribution in [0.2, 0.25) is 0 Å². The summed E-state index contributed by atoms with van der Waals surface area (Å²) in [6.07, 6.45) is 0.161. The number of aliphatic hydroxyl groups is 1. The van der Waals surface area contributed by atoms with E-state index in [9.17, 15) is 9.90 Å². The van der Waals surface area contributed by atoms with Crippen LogP contribution in [-0.2, 0) is 4.74 Å². The summed E-state index contributed by atoms with van der Waals surface area (Å²) in [4.78, 5) is 12.9. The van der Waals surface area contributed by atoms with Crippen molar-refractivity contribution in [2.24, 2.45) is 0 Å². The van der Waals surface area contributed by atoms with Gasteiger partial charge in [-0.1, -0.05) is 0 Å². The Hall–Kier alpha value is -0.810. The minimum atomic E-state index is -0.801. The molecule has 0 bridgehead atoms. The van der Waals surface area contributed by atoms with Crippen LogP contribution in [0.4, 0.5) is 4.79 Å². The molecule has 1 fully saturated rings. The lowest BCUT2D eigenvalue weighted by Crippen LogP contribution is -2.45. The lowest BCUT2D eigenvalue weighted by Gasteiger charge is -2.27. The highest BCUT2D eigenvalue weighted by atomic mass is 16.6. The molecular weight excluding hydrogens is 196 g/mol. The van der Waals surface area contributed by atoms with Crippen molar-refractivity contribution < 1.29 is 14.6 Å². The summed E-state index contributed by atoms with van der Waals surface area (Å²) in [7, 11) is 1.64. The number of rotatable bonds is 3. The SMILES string of the molecule is CC(C)OC(=O)N(C)CC1(O)CCNC1. The highest BCUT2D eigenvalue weighted by Gasteiger charge is 2.33. The van der Waals surface area contributed by atoms with Gasteiger partial charge in [0.05, 0.1) is 18.2 Å². The molecule has 0 radical (unpaired) electrons. The first-order valence-electron chi connectivity index (χ1n) is 5.28. The van der Waals surface area contributed by atoms with Gasteiger partial charge in [0.2, 0.25) is 0 Å². The van der Waals surface area contributed by atoms with Crippen molar-refractivity contribution in [1.29, 1.82) is 0 Å². The predicted molar refractivity (Wildman–Crippen MR) is 56.7 cm³/mol. The van der Waals surface area contributed by atoms with Gasteiger partial charge in [0.1, 0.15) is 0 Å². The number of nitrogens with zero attached hydrogens (tertiary/aromatic N) is 1. The van der Waals surface area contributed by atoms with Gasteiger partial charge in [0.15, 0.2) is 0 Å². The fraction of sp³-hybridized carbons (Fsp3) is 0.900. The van der Waals surface area contributed by atoms with Crippen molar-refractivity contribution in [3.63, 3.8) is 0 Å². The summed E-state index contributed by atoms with van der Waals surface area (Å²) < 4.78 is 5.02. The Balaban J connectivity index is 2.40. The van der Waals surface area contributed by atoms with Crippen LogP contribution in [0, 0.1) is 0 Å². The number of ether oxygens (including phenoxy) is 1. The van der Waals surface area contributed by atoms with Gasteiger partial charge in [-0.2, -0.15) is 0 Å². The molecule has 15 heavy (non-hydrogen) atoms. The van der Waals surface area contributed by atoms with E-state index >= 15 is 0 Å². The monoisotopic (exact) mass is 216 g/mol. The van der Waals surface area contributed by atoms with Gasteiger partial charge in [-0.25, -0.2) is 4.79 Å². The van der Waals surface area contributed by atoms with Gasteiger partial charge >= 0.3 is 6.09 Å². The number of hydrogen-bond acceptors (Lipinski definition) is 4. The van der Waals surface area contributed by atoms with Crippen LogP contribution < -0.4 is 5.32 Å². The van der Waals surface area contributed by atoms with E-state index < -0.39 is 5.60 Å². The number of amides is 1. The zero-order valence-electron chi connectivity index (χ0n) is 9.62. The molecule has 0 aliphatic carbocycles. The van der Waals surface area contributed by atoms with Crippen LogP contribution in [0.15, 0.2) is 0 Å². The molecule has 1 heterocycles. The first kappa shape index (κ1) is 12.3. The fourth-order valence-corrected chi connectivity index (χ4v) is 1.66. The molecule has 0 aromatic rings. The third kappa shape index (κ3) is 3.68. The average molecular weight is 216 g/mol. The second kappa shape index (κ2) is 4.81. The Labute approximate surface area is 90.4 Å². The second-order valence-electron chi connectivity index (χ2n) is 4.44. The van der Waals surface area contributed by atoms with Crippen LogP contribution in [-0.4, -0.2) is 54.5 Å². The molecule has 1 saturated heterocycles. The lowest BCUT2D eigenvalue weighted by atomic mass is 10.0. The molecule has 5 nitrogen and oxygen atoms in total. The highest BCUT2D eigenvalue weighted by molar-refractivity contribution is 5.67. The van der Waals surface area contributed by atoms with E-state index in [1.54, 1.807) is 20.9 Å². The van der Waals surface area contributed by atoms with Gasteiger partial charge in [0.25, 0.3) is 0 Å². The topological polar surface area (TPSA) is 61.8 Å². The normalized spacial score (nSPS) is 25.7. The Bertz CT molecular complexity index is 225. The van der Waals surface area contributed by atoms with Crippen molar-refractivity contribution in [1.82, 2.24) is 10.2 Å². The zero-order chi connectivity index (χ0) is 11.5. The van der Waals surface area contributed by atoms with E-state index in [0.29, 0.717) is 19.5 Å². The molecule has 1 rings (SSSR count). The number of carbonyl (C=O) groups excluding carboxylic acids is 1.